The molecule has 0 amide bonds. The van der Waals surface area contributed by atoms with Gasteiger partial charge in [-0.3, -0.25) is 4.79 Å². The molecule has 158 valence electrons. The fourth-order valence-corrected chi connectivity index (χ4v) is 3.51. The van der Waals surface area contributed by atoms with Gasteiger partial charge in [0.25, 0.3) is 0 Å². The molecule has 3 rings (SSSR count). The van der Waals surface area contributed by atoms with Crippen molar-refractivity contribution in [2.75, 3.05) is 5.75 Å². The second-order valence-electron chi connectivity index (χ2n) is 7.16. The van der Waals surface area contributed by atoms with E-state index in [-0.39, 0.29) is 12.2 Å². The van der Waals surface area contributed by atoms with E-state index in [0.717, 1.165) is 29.5 Å². The lowest BCUT2D eigenvalue weighted by Crippen LogP contribution is -2.09. The van der Waals surface area contributed by atoms with Gasteiger partial charge in [-0.2, -0.15) is 12.6 Å². The third-order valence-electron chi connectivity index (χ3n) is 4.90. The van der Waals surface area contributed by atoms with Crippen LogP contribution in [-0.4, -0.2) is 11.7 Å². The highest BCUT2D eigenvalue weighted by molar-refractivity contribution is 7.80. The molecule has 0 aromatic heterocycles. The van der Waals surface area contributed by atoms with Crippen LogP contribution in [0.5, 0.6) is 5.75 Å². The number of hydrogen-bond acceptors (Lipinski definition) is 3. The molecule has 0 aliphatic heterocycles. The van der Waals surface area contributed by atoms with E-state index in [0.29, 0.717) is 28.2 Å². The SMILES string of the molecule is C=CCc1ccc(-c2cc(OC(=O)CCS)c(-c3ccc(CC=C)cc3)cc2F)cc1. The van der Waals surface area contributed by atoms with E-state index in [1.165, 1.54) is 6.07 Å². The monoisotopic (exact) mass is 432 g/mol. The zero-order valence-electron chi connectivity index (χ0n) is 17.3. The van der Waals surface area contributed by atoms with Crippen LogP contribution in [0, 0.1) is 5.82 Å². The number of benzene rings is 3. The lowest BCUT2D eigenvalue weighted by atomic mass is 9.96. The minimum atomic E-state index is -0.404. The summed E-state index contributed by atoms with van der Waals surface area (Å²) in [5, 5.41) is 0. The number of rotatable bonds is 9. The van der Waals surface area contributed by atoms with Crippen LogP contribution < -0.4 is 4.74 Å². The molecule has 0 N–H and O–H groups in total. The van der Waals surface area contributed by atoms with Crippen LogP contribution in [0.4, 0.5) is 4.39 Å². The van der Waals surface area contributed by atoms with Crippen LogP contribution in [0.3, 0.4) is 0 Å². The molecule has 0 fully saturated rings. The predicted octanol–water partition coefficient (Wildman–Crippen LogP) is 6.84. The number of thiol groups is 1. The second kappa shape index (κ2) is 10.8. The molecule has 0 bridgehead atoms. The summed E-state index contributed by atoms with van der Waals surface area (Å²) in [6.07, 6.45) is 5.32. The zero-order chi connectivity index (χ0) is 22.2. The molecule has 3 aromatic rings. The van der Waals surface area contributed by atoms with Crippen molar-refractivity contribution in [2.24, 2.45) is 0 Å². The third kappa shape index (κ3) is 5.74. The summed E-state index contributed by atoms with van der Waals surface area (Å²) >= 11 is 4.10. The van der Waals surface area contributed by atoms with Gasteiger partial charge in [-0.1, -0.05) is 60.7 Å². The molecule has 31 heavy (non-hydrogen) atoms. The van der Waals surface area contributed by atoms with Gasteiger partial charge in [0.2, 0.25) is 0 Å². The largest absolute Gasteiger partial charge is 0.426 e. The smallest absolute Gasteiger partial charge is 0.312 e. The first-order valence-electron chi connectivity index (χ1n) is 10.1. The molecular weight excluding hydrogens is 407 g/mol. The van der Waals surface area contributed by atoms with E-state index in [1.807, 2.05) is 60.7 Å². The molecule has 0 heterocycles. The molecule has 2 nitrogen and oxygen atoms in total. The zero-order valence-corrected chi connectivity index (χ0v) is 18.2. The van der Waals surface area contributed by atoms with E-state index in [2.05, 4.69) is 25.8 Å². The van der Waals surface area contributed by atoms with Gasteiger partial charge >= 0.3 is 5.97 Å². The fraction of sp³-hybridized carbons (Fsp3) is 0.148. The van der Waals surface area contributed by atoms with Crippen molar-refractivity contribution in [3.8, 4) is 28.0 Å². The van der Waals surface area contributed by atoms with Crippen molar-refractivity contribution in [2.45, 2.75) is 19.3 Å². The highest BCUT2D eigenvalue weighted by atomic mass is 32.1. The van der Waals surface area contributed by atoms with Crippen molar-refractivity contribution >= 4 is 18.6 Å². The molecule has 0 aliphatic carbocycles. The van der Waals surface area contributed by atoms with Gasteiger partial charge in [-0.05, 0) is 47.2 Å². The summed E-state index contributed by atoms with van der Waals surface area (Å²) in [6, 6.07) is 18.3. The summed E-state index contributed by atoms with van der Waals surface area (Å²) in [5.41, 5.74) is 4.59. The number of esters is 1. The Morgan fingerprint density at radius 2 is 1.39 bits per heavy atom. The highest BCUT2D eigenvalue weighted by Gasteiger charge is 2.17. The summed E-state index contributed by atoms with van der Waals surface area (Å²) in [6.45, 7) is 7.49. The van der Waals surface area contributed by atoms with Gasteiger partial charge in [-0.15, -0.1) is 13.2 Å². The minimum absolute atomic E-state index is 0.170. The Balaban J connectivity index is 2.05. The molecule has 3 aromatic carbocycles. The average molecular weight is 433 g/mol. The maximum atomic E-state index is 15.2. The van der Waals surface area contributed by atoms with Crippen molar-refractivity contribution in [1.29, 1.82) is 0 Å². The van der Waals surface area contributed by atoms with Crippen molar-refractivity contribution in [3.05, 3.63) is 103 Å². The number of carbonyl (C=O) groups excluding carboxylic acids is 1. The average Bonchev–Trinajstić information content (AvgIpc) is 2.77. The van der Waals surface area contributed by atoms with Crippen LogP contribution in [0.1, 0.15) is 17.5 Å². The van der Waals surface area contributed by atoms with E-state index in [1.54, 1.807) is 6.07 Å². The summed E-state index contributed by atoms with van der Waals surface area (Å²) < 4.78 is 20.8. The number of carbonyl (C=O) groups is 1. The second-order valence-corrected chi connectivity index (χ2v) is 7.60. The molecular formula is C27H25FO2S. The van der Waals surface area contributed by atoms with Gasteiger partial charge in [0.15, 0.2) is 0 Å². The maximum Gasteiger partial charge on any atom is 0.312 e. The summed E-state index contributed by atoms with van der Waals surface area (Å²) in [7, 11) is 0. The van der Waals surface area contributed by atoms with Crippen LogP contribution in [0.25, 0.3) is 22.3 Å². The van der Waals surface area contributed by atoms with Gasteiger partial charge in [0.05, 0.1) is 6.42 Å². The lowest BCUT2D eigenvalue weighted by Gasteiger charge is -2.14. The first-order chi connectivity index (χ1) is 15.0. The molecule has 0 atom stereocenters. The number of ether oxygens (including phenoxy) is 1. The minimum Gasteiger partial charge on any atom is -0.426 e. The fourth-order valence-electron chi connectivity index (χ4n) is 3.32. The Hall–Kier alpha value is -3.11. The lowest BCUT2D eigenvalue weighted by molar-refractivity contribution is -0.133. The van der Waals surface area contributed by atoms with Crippen molar-refractivity contribution in [3.63, 3.8) is 0 Å². The normalized spacial score (nSPS) is 10.5. The van der Waals surface area contributed by atoms with Crippen LogP contribution in [0.15, 0.2) is 86.0 Å². The van der Waals surface area contributed by atoms with Gasteiger partial charge in [-0.25, -0.2) is 4.39 Å². The number of halogens is 1. The molecule has 0 unspecified atom stereocenters. The van der Waals surface area contributed by atoms with E-state index in [4.69, 9.17) is 4.74 Å². The first-order valence-corrected chi connectivity index (χ1v) is 10.7. The first kappa shape index (κ1) is 22.6. The Morgan fingerprint density at radius 3 is 1.87 bits per heavy atom. The Bertz CT molecular complexity index is 1070. The van der Waals surface area contributed by atoms with E-state index < -0.39 is 5.97 Å². The Kier molecular flexibility index (Phi) is 7.85. The molecule has 0 radical (unpaired) electrons. The predicted molar refractivity (Wildman–Crippen MR) is 129 cm³/mol. The molecule has 0 saturated carbocycles. The van der Waals surface area contributed by atoms with Gasteiger partial charge in [0, 0.05) is 16.9 Å². The van der Waals surface area contributed by atoms with E-state index in [9.17, 15) is 4.79 Å². The quantitative estimate of drug-likeness (QED) is 0.173. The van der Waals surface area contributed by atoms with Crippen LogP contribution >= 0.6 is 12.6 Å². The summed E-state index contributed by atoms with van der Waals surface area (Å²) in [4.78, 5) is 12.2. The van der Waals surface area contributed by atoms with Gasteiger partial charge < -0.3 is 4.74 Å². The summed E-state index contributed by atoms with van der Waals surface area (Å²) in [5.74, 6) is -0.0765. The van der Waals surface area contributed by atoms with Gasteiger partial charge in [0.1, 0.15) is 11.6 Å². The number of hydrogen-bond donors (Lipinski definition) is 1. The molecule has 4 heteroatoms. The molecule has 0 spiro atoms. The Morgan fingerprint density at radius 1 is 0.871 bits per heavy atom. The van der Waals surface area contributed by atoms with E-state index >= 15 is 4.39 Å². The number of allylic oxidation sites excluding steroid dienone is 2. The van der Waals surface area contributed by atoms with Crippen molar-refractivity contribution < 1.29 is 13.9 Å². The topological polar surface area (TPSA) is 26.3 Å². The maximum absolute atomic E-state index is 15.2. The molecule has 0 aliphatic rings. The Labute approximate surface area is 188 Å². The molecule has 0 saturated heterocycles. The van der Waals surface area contributed by atoms with Crippen molar-refractivity contribution in [1.82, 2.24) is 0 Å². The van der Waals surface area contributed by atoms with Crippen LogP contribution in [0.2, 0.25) is 0 Å². The highest BCUT2D eigenvalue weighted by Crippen LogP contribution is 2.37. The third-order valence-corrected chi connectivity index (χ3v) is 5.12. The van der Waals surface area contributed by atoms with Crippen LogP contribution in [-0.2, 0) is 17.6 Å². The standard InChI is InChI=1S/C27H25FO2S/c1-3-5-19-7-11-21(12-8-19)23-18-26(30-27(29)15-16-31)24(17-25(23)28)22-13-9-20(6-4-2)10-14-22/h3-4,7-14,17-18,31H,1-2,5-6,15-16H2.